The fraction of sp³-hybridized carbons (Fsp3) is 0.429. The number of ether oxygens (including phenoxy) is 1. The number of hydrogen-bond donors (Lipinski definition) is 0. The molecule has 33 heavy (non-hydrogen) atoms. The number of carbonyl (C=O) groups excluding carboxylic acids is 1. The average Bonchev–Trinajstić information content (AvgIpc) is 3.10. The van der Waals surface area contributed by atoms with Crippen LogP contribution < -0.4 is 0 Å². The van der Waals surface area contributed by atoms with Gasteiger partial charge in [0.2, 0.25) is 0 Å². The molecule has 1 heterocycles. The molecule has 0 saturated carbocycles. The van der Waals surface area contributed by atoms with Crippen molar-refractivity contribution >= 4 is 29.0 Å². The van der Waals surface area contributed by atoms with E-state index in [1.807, 2.05) is 26.0 Å². The summed E-state index contributed by atoms with van der Waals surface area (Å²) in [7, 11) is 1.41. The minimum Gasteiger partial charge on any atom is -0.469 e. The fourth-order valence-electron chi connectivity index (χ4n) is 5.03. The van der Waals surface area contributed by atoms with Gasteiger partial charge in [0.25, 0.3) is 5.92 Å². The van der Waals surface area contributed by atoms with E-state index in [0.717, 1.165) is 71.8 Å². The molecule has 1 atom stereocenters. The van der Waals surface area contributed by atoms with E-state index in [-0.39, 0.29) is 11.5 Å². The Morgan fingerprint density at radius 2 is 2.03 bits per heavy atom. The Morgan fingerprint density at radius 3 is 2.73 bits per heavy atom. The Morgan fingerprint density at radius 1 is 1.27 bits per heavy atom. The van der Waals surface area contributed by atoms with Crippen molar-refractivity contribution in [3.63, 3.8) is 0 Å². The summed E-state index contributed by atoms with van der Waals surface area (Å²) in [5.41, 5.74) is 9.09. The van der Waals surface area contributed by atoms with Crippen LogP contribution in [-0.4, -0.2) is 13.1 Å². The van der Waals surface area contributed by atoms with Crippen molar-refractivity contribution in [3.8, 4) is 0 Å². The first kappa shape index (κ1) is 23.7. The van der Waals surface area contributed by atoms with E-state index >= 15 is 0 Å². The van der Waals surface area contributed by atoms with Gasteiger partial charge in [-0.3, -0.25) is 4.79 Å². The molecule has 2 nitrogen and oxygen atoms in total. The number of halogens is 2. The first-order chi connectivity index (χ1) is 15.8. The minimum atomic E-state index is -2.95. The molecule has 0 fully saturated rings. The second-order valence-corrected chi connectivity index (χ2v) is 10.1. The number of hydrogen-bond acceptors (Lipinski definition) is 3. The van der Waals surface area contributed by atoms with Crippen molar-refractivity contribution in [1.82, 2.24) is 0 Å². The van der Waals surface area contributed by atoms with E-state index in [9.17, 15) is 13.6 Å². The number of aryl methyl sites for hydroxylation is 1. The van der Waals surface area contributed by atoms with Crippen LogP contribution in [0.2, 0.25) is 0 Å². The van der Waals surface area contributed by atoms with E-state index < -0.39 is 11.8 Å². The molecule has 1 unspecified atom stereocenters. The molecule has 0 saturated heterocycles. The summed E-state index contributed by atoms with van der Waals surface area (Å²) in [4.78, 5) is 15.4. The van der Waals surface area contributed by atoms with Crippen LogP contribution in [0.5, 0.6) is 0 Å². The Kier molecular flexibility index (Phi) is 6.74. The highest BCUT2D eigenvalue weighted by Crippen LogP contribution is 2.47. The molecule has 2 aliphatic carbocycles. The van der Waals surface area contributed by atoms with Crippen molar-refractivity contribution in [2.75, 3.05) is 7.11 Å². The van der Waals surface area contributed by atoms with Gasteiger partial charge in [0.1, 0.15) is 0 Å². The molecule has 0 bridgehead atoms. The van der Waals surface area contributed by atoms with Crippen LogP contribution in [0.1, 0.15) is 78.5 Å². The maximum absolute atomic E-state index is 14.3. The van der Waals surface area contributed by atoms with Gasteiger partial charge in [-0.15, -0.1) is 17.1 Å². The lowest BCUT2D eigenvalue weighted by molar-refractivity contribution is -0.144. The maximum Gasteiger partial charge on any atom is 0.313 e. The summed E-state index contributed by atoms with van der Waals surface area (Å²) in [5, 5.41) is 0. The zero-order chi connectivity index (χ0) is 23.8. The molecular weight excluding hydrogens is 438 g/mol. The smallest absolute Gasteiger partial charge is 0.313 e. The quantitative estimate of drug-likeness (QED) is 0.321. The van der Waals surface area contributed by atoms with Gasteiger partial charge in [0.15, 0.2) is 0 Å². The van der Waals surface area contributed by atoms with E-state index in [0.29, 0.717) is 6.42 Å². The van der Waals surface area contributed by atoms with Gasteiger partial charge in [-0.1, -0.05) is 31.5 Å². The lowest BCUT2D eigenvalue weighted by Crippen LogP contribution is -2.21. The van der Waals surface area contributed by atoms with Crippen molar-refractivity contribution in [1.29, 1.82) is 0 Å². The van der Waals surface area contributed by atoms with E-state index in [4.69, 9.17) is 4.74 Å². The van der Waals surface area contributed by atoms with Crippen molar-refractivity contribution in [2.45, 2.75) is 65.2 Å². The first-order valence-electron chi connectivity index (χ1n) is 11.7. The number of fused-ring (bicyclic) bond motifs is 3. The predicted molar refractivity (Wildman–Crippen MR) is 131 cm³/mol. The summed E-state index contributed by atoms with van der Waals surface area (Å²) in [6.07, 6.45) is 7.70. The zero-order valence-electron chi connectivity index (χ0n) is 19.7. The summed E-state index contributed by atoms with van der Waals surface area (Å²) in [6.45, 7) is 4.92. The van der Waals surface area contributed by atoms with Gasteiger partial charge >= 0.3 is 5.97 Å². The van der Waals surface area contributed by atoms with Gasteiger partial charge < -0.3 is 4.74 Å². The predicted octanol–water partition coefficient (Wildman–Crippen LogP) is 7.70. The topological polar surface area (TPSA) is 26.3 Å². The molecule has 2 aliphatic rings. The third-order valence-electron chi connectivity index (χ3n) is 6.61. The van der Waals surface area contributed by atoms with Crippen LogP contribution in [0.15, 0.2) is 41.1 Å². The second-order valence-electron chi connectivity index (χ2n) is 8.99. The summed E-state index contributed by atoms with van der Waals surface area (Å²) >= 11 is 1.77. The van der Waals surface area contributed by atoms with Crippen molar-refractivity contribution in [2.24, 2.45) is 5.92 Å². The Hall–Kier alpha value is -2.49. The Balaban J connectivity index is 2.09. The molecule has 4 rings (SSSR count). The number of thiophene rings is 1. The second kappa shape index (κ2) is 9.40. The zero-order valence-corrected chi connectivity index (χ0v) is 20.5. The highest BCUT2D eigenvalue weighted by atomic mass is 32.1. The van der Waals surface area contributed by atoms with Crippen molar-refractivity contribution < 1.29 is 18.3 Å². The molecule has 0 radical (unpaired) electrons. The molecule has 0 N–H and O–H groups in total. The number of rotatable bonds is 6. The van der Waals surface area contributed by atoms with Crippen LogP contribution in [0.3, 0.4) is 0 Å². The molecule has 2 aromatic rings. The number of carbonyl (C=O) groups is 1. The van der Waals surface area contributed by atoms with Gasteiger partial charge in [-0.05, 0) is 79.0 Å². The van der Waals surface area contributed by atoms with Crippen molar-refractivity contribution in [3.05, 3.63) is 73.2 Å². The first-order valence-corrected chi connectivity index (χ1v) is 12.5. The fourth-order valence-corrected chi connectivity index (χ4v) is 6.32. The average molecular weight is 469 g/mol. The molecule has 5 heteroatoms. The third kappa shape index (κ3) is 4.49. The molecular formula is C28H30F2O2S. The molecule has 174 valence electrons. The summed E-state index contributed by atoms with van der Waals surface area (Å²) in [6, 6.07) is 6.63. The van der Waals surface area contributed by atoms with Gasteiger partial charge in [0, 0.05) is 27.8 Å². The number of benzene rings is 1. The third-order valence-corrected chi connectivity index (χ3v) is 7.85. The number of allylic oxidation sites excluding steroid dienone is 1. The van der Waals surface area contributed by atoms with Crippen LogP contribution in [-0.2, 0) is 28.3 Å². The summed E-state index contributed by atoms with van der Waals surface area (Å²) in [5.74, 6) is -3.73. The van der Waals surface area contributed by atoms with E-state index in [1.54, 1.807) is 23.5 Å². The van der Waals surface area contributed by atoms with Gasteiger partial charge in [-0.25, -0.2) is 8.78 Å². The van der Waals surface area contributed by atoms with Crippen LogP contribution in [0.4, 0.5) is 8.78 Å². The van der Waals surface area contributed by atoms with E-state index in [2.05, 4.69) is 5.73 Å². The SMILES string of the molecule is CCCC(C(=O)OC)C1=C(c2cccc(C(C)(F)F)c2)c2c(sc3c2CCCC3)C=C=C1C. The molecule has 0 spiro atoms. The van der Waals surface area contributed by atoms with Crippen LogP contribution in [0, 0.1) is 5.92 Å². The minimum absolute atomic E-state index is 0.0264. The highest BCUT2D eigenvalue weighted by molar-refractivity contribution is 7.13. The largest absolute Gasteiger partial charge is 0.469 e. The number of alkyl halides is 2. The molecule has 0 aliphatic heterocycles. The highest BCUT2D eigenvalue weighted by Gasteiger charge is 2.33. The molecule has 1 aromatic heterocycles. The van der Waals surface area contributed by atoms with Gasteiger partial charge in [0.05, 0.1) is 13.0 Å². The number of esters is 1. The standard InChI is InChI=1S/C28H30F2O2S/c1-5-9-21(27(31)32-4)24-17(2)14-15-23-26(20-12-6-7-13-22(20)33-23)25(24)18-10-8-11-19(16-18)28(3,29)30/h8,10-11,15-16,21H,5-7,9,12-13H2,1-4H3. The summed E-state index contributed by atoms with van der Waals surface area (Å²) < 4.78 is 33.8. The van der Waals surface area contributed by atoms with Gasteiger partial charge in [-0.2, -0.15) is 0 Å². The Labute approximate surface area is 198 Å². The van der Waals surface area contributed by atoms with E-state index in [1.165, 1.54) is 23.6 Å². The molecule has 0 amide bonds. The normalized spacial score (nSPS) is 16.6. The number of methoxy groups -OCH3 is 1. The lowest BCUT2D eigenvalue weighted by atomic mass is 9.79. The monoisotopic (exact) mass is 468 g/mol. The van der Waals surface area contributed by atoms with Crippen LogP contribution >= 0.6 is 11.3 Å². The van der Waals surface area contributed by atoms with Crippen LogP contribution in [0.25, 0.3) is 11.6 Å². The molecule has 1 aromatic carbocycles. The lowest BCUT2D eigenvalue weighted by Gasteiger charge is -2.24. The maximum atomic E-state index is 14.3. The Bertz CT molecular complexity index is 1170.